The zero-order chi connectivity index (χ0) is 21.4. The number of nitrogens with zero attached hydrogens (tertiary/aromatic N) is 1. The predicted octanol–water partition coefficient (Wildman–Crippen LogP) is 2.85. The molecule has 30 heavy (non-hydrogen) atoms. The van der Waals surface area contributed by atoms with Gasteiger partial charge in [-0.05, 0) is 68.2 Å². The molecule has 7 nitrogen and oxygen atoms in total. The molecule has 0 spiro atoms. The first-order valence-corrected chi connectivity index (χ1v) is 12.1. The zero-order valence-electron chi connectivity index (χ0n) is 17.3. The number of hydrogen-bond acceptors (Lipinski definition) is 5. The lowest BCUT2D eigenvalue weighted by molar-refractivity contribution is 0.0951. The number of hydrogen-bond donors (Lipinski definition) is 2. The second-order valence-corrected chi connectivity index (χ2v) is 9.29. The van der Waals surface area contributed by atoms with Crippen molar-refractivity contribution in [2.75, 3.05) is 37.2 Å². The molecule has 1 aliphatic heterocycles. The van der Waals surface area contributed by atoms with Gasteiger partial charge in [0.15, 0.2) is 0 Å². The van der Waals surface area contributed by atoms with Gasteiger partial charge in [0.1, 0.15) is 5.75 Å². The highest BCUT2D eigenvalue weighted by Gasteiger charge is 2.12. The fourth-order valence-corrected chi connectivity index (χ4v) is 3.99. The summed E-state index contributed by atoms with van der Waals surface area (Å²) in [7, 11) is -3.38. The summed E-state index contributed by atoms with van der Waals surface area (Å²) in [5.41, 5.74) is 2.02. The van der Waals surface area contributed by atoms with Crippen LogP contribution in [-0.2, 0) is 16.6 Å². The average Bonchev–Trinajstić information content (AvgIpc) is 3.20. The summed E-state index contributed by atoms with van der Waals surface area (Å²) >= 11 is 0. The molecule has 0 unspecified atom stereocenters. The Balaban J connectivity index is 1.40. The van der Waals surface area contributed by atoms with E-state index in [1.165, 1.54) is 24.5 Å². The van der Waals surface area contributed by atoms with Gasteiger partial charge < -0.3 is 10.1 Å². The van der Waals surface area contributed by atoms with Crippen molar-refractivity contribution in [3.8, 4) is 5.75 Å². The molecule has 1 amide bonds. The number of amides is 1. The van der Waals surface area contributed by atoms with Crippen LogP contribution >= 0.6 is 0 Å². The van der Waals surface area contributed by atoms with Crippen molar-refractivity contribution < 1.29 is 17.9 Å². The van der Waals surface area contributed by atoms with E-state index in [0.29, 0.717) is 30.8 Å². The number of likely N-dealkylation sites (tertiary alicyclic amines) is 1. The molecule has 1 aliphatic rings. The summed E-state index contributed by atoms with van der Waals surface area (Å²) in [5, 5.41) is 2.83. The third-order valence-corrected chi connectivity index (χ3v) is 5.41. The fraction of sp³-hybridized carbons (Fsp3) is 0.409. The number of benzene rings is 2. The van der Waals surface area contributed by atoms with E-state index in [-0.39, 0.29) is 5.91 Å². The Hall–Kier alpha value is -2.58. The Kier molecular flexibility index (Phi) is 7.70. The maximum Gasteiger partial charge on any atom is 0.251 e. The molecular weight excluding hydrogens is 402 g/mol. The lowest BCUT2D eigenvalue weighted by Crippen LogP contribution is -2.25. The monoisotopic (exact) mass is 431 g/mol. The molecule has 0 aliphatic carbocycles. The highest BCUT2D eigenvalue weighted by atomic mass is 32.2. The number of anilines is 1. The largest absolute Gasteiger partial charge is 0.494 e. The summed E-state index contributed by atoms with van der Waals surface area (Å²) < 4.78 is 30.8. The first-order valence-electron chi connectivity index (χ1n) is 10.2. The van der Waals surface area contributed by atoms with Crippen LogP contribution in [0.15, 0.2) is 48.5 Å². The number of sulfonamides is 1. The van der Waals surface area contributed by atoms with Crippen molar-refractivity contribution >= 4 is 21.6 Å². The summed E-state index contributed by atoms with van der Waals surface area (Å²) in [6.07, 6.45) is 4.30. The fourth-order valence-electron chi connectivity index (χ4n) is 3.44. The number of ether oxygens (including phenoxy) is 1. The maximum absolute atomic E-state index is 12.3. The maximum atomic E-state index is 12.3. The van der Waals surface area contributed by atoms with Gasteiger partial charge >= 0.3 is 0 Å². The summed E-state index contributed by atoms with van der Waals surface area (Å²) in [4.78, 5) is 14.7. The minimum Gasteiger partial charge on any atom is -0.494 e. The van der Waals surface area contributed by atoms with Gasteiger partial charge in [0.05, 0.1) is 12.9 Å². The van der Waals surface area contributed by atoms with Crippen LogP contribution in [0.2, 0.25) is 0 Å². The van der Waals surface area contributed by atoms with E-state index in [9.17, 15) is 13.2 Å². The number of carbonyl (C=O) groups is 1. The van der Waals surface area contributed by atoms with E-state index in [2.05, 4.69) is 27.1 Å². The van der Waals surface area contributed by atoms with Crippen LogP contribution in [0.3, 0.4) is 0 Å². The van der Waals surface area contributed by atoms with E-state index in [4.69, 9.17) is 4.74 Å². The smallest absolute Gasteiger partial charge is 0.251 e. The highest BCUT2D eigenvalue weighted by molar-refractivity contribution is 7.92. The van der Waals surface area contributed by atoms with Crippen molar-refractivity contribution in [3.63, 3.8) is 0 Å². The molecule has 0 aromatic heterocycles. The van der Waals surface area contributed by atoms with Crippen LogP contribution in [0.25, 0.3) is 0 Å². The summed E-state index contributed by atoms with van der Waals surface area (Å²) in [5.74, 6) is 0.595. The van der Waals surface area contributed by atoms with Crippen LogP contribution in [0.5, 0.6) is 5.75 Å². The lowest BCUT2D eigenvalue weighted by Gasteiger charge is -2.15. The standard InChI is InChI=1S/C22H29N3O4S/c1-30(27,28)24-20-9-5-8-19(16-20)22(26)23-11-6-14-29-21-10-4-7-18(15-21)17-25-12-2-3-13-25/h4-5,7-10,15-16,24H,2-3,6,11-14,17H2,1H3,(H,23,26). The van der Waals surface area contributed by atoms with Crippen molar-refractivity contribution in [3.05, 3.63) is 59.7 Å². The molecule has 2 N–H and O–H groups in total. The molecule has 162 valence electrons. The van der Waals surface area contributed by atoms with Gasteiger partial charge in [-0.2, -0.15) is 0 Å². The number of nitrogens with one attached hydrogen (secondary N) is 2. The molecule has 0 radical (unpaired) electrons. The lowest BCUT2D eigenvalue weighted by atomic mass is 10.2. The van der Waals surface area contributed by atoms with Gasteiger partial charge in [-0.15, -0.1) is 0 Å². The highest BCUT2D eigenvalue weighted by Crippen LogP contribution is 2.18. The van der Waals surface area contributed by atoms with Gasteiger partial charge in [0.25, 0.3) is 5.91 Å². The van der Waals surface area contributed by atoms with Crippen molar-refractivity contribution in [1.29, 1.82) is 0 Å². The predicted molar refractivity (Wildman–Crippen MR) is 118 cm³/mol. The Labute approximate surface area is 178 Å². The minimum absolute atomic E-state index is 0.250. The number of carbonyl (C=O) groups excluding carboxylic acids is 1. The van der Waals surface area contributed by atoms with Gasteiger partial charge in [-0.3, -0.25) is 14.4 Å². The van der Waals surface area contributed by atoms with Crippen LogP contribution < -0.4 is 14.8 Å². The van der Waals surface area contributed by atoms with Gasteiger partial charge in [0.2, 0.25) is 10.0 Å². The van der Waals surface area contributed by atoms with Crippen LogP contribution in [-0.4, -0.2) is 51.7 Å². The van der Waals surface area contributed by atoms with E-state index in [1.807, 2.05) is 12.1 Å². The van der Waals surface area contributed by atoms with Crippen molar-refractivity contribution in [1.82, 2.24) is 10.2 Å². The van der Waals surface area contributed by atoms with E-state index < -0.39 is 10.0 Å². The normalized spacial score (nSPS) is 14.4. The summed E-state index contributed by atoms with van der Waals surface area (Å²) in [6, 6.07) is 14.6. The SMILES string of the molecule is CS(=O)(=O)Nc1cccc(C(=O)NCCCOc2cccc(CN3CCCC3)c2)c1. The molecule has 2 aromatic rings. The first kappa shape index (κ1) is 22.1. The molecule has 2 aromatic carbocycles. The van der Waals surface area contributed by atoms with E-state index in [0.717, 1.165) is 31.6 Å². The van der Waals surface area contributed by atoms with Crippen LogP contribution in [0, 0.1) is 0 Å². The molecular formula is C22H29N3O4S. The van der Waals surface area contributed by atoms with E-state index in [1.54, 1.807) is 18.2 Å². The van der Waals surface area contributed by atoms with Crippen LogP contribution in [0.4, 0.5) is 5.69 Å². The van der Waals surface area contributed by atoms with Gasteiger partial charge in [0, 0.05) is 24.3 Å². The second kappa shape index (κ2) is 10.4. The van der Waals surface area contributed by atoms with Crippen molar-refractivity contribution in [2.45, 2.75) is 25.8 Å². The van der Waals surface area contributed by atoms with E-state index >= 15 is 0 Å². The third-order valence-electron chi connectivity index (χ3n) is 4.81. The molecule has 1 fully saturated rings. The third kappa shape index (κ3) is 7.35. The molecule has 0 bridgehead atoms. The molecule has 8 heteroatoms. The molecule has 1 saturated heterocycles. The Bertz CT molecular complexity index is 956. The quantitative estimate of drug-likeness (QED) is 0.565. The molecule has 1 heterocycles. The average molecular weight is 432 g/mol. The van der Waals surface area contributed by atoms with Gasteiger partial charge in [-0.25, -0.2) is 8.42 Å². The van der Waals surface area contributed by atoms with Gasteiger partial charge in [-0.1, -0.05) is 18.2 Å². The van der Waals surface area contributed by atoms with Crippen LogP contribution in [0.1, 0.15) is 35.2 Å². The Morgan fingerprint density at radius 1 is 1.10 bits per heavy atom. The zero-order valence-corrected chi connectivity index (χ0v) is 18.1. The Morgan fingerprint density at radius 3 is 2.63 bits per heavy atom. The van der Waals surface area contributed by atoms with Crippen molar-refractivity contribution in [2.24, 2.45) is 0 Å². The first-order chi connectivity index (χ1) is 14.4. The molecule has 3 rings (SSSR count). The summed E-state index contributed by atoms with van der Waals surface area (Å²) in [6.45, 7) is 4.26. The second-order valence-electron chi connectivity index (χ2n) is 7.54. The number of rotatable bonds is 10. The topological polar surface area (TPSA) is 87.7 Å². The molecule has 0 atom stereocenters. The Morgan fingerprint density at radius 2 is 1.87 bits per heavy atom. The minimum atomic E-state index is -3.38. The molecule has 0 saturated carbocycles.